The molecule has 0 aromatic rings. The van der Waals surface area contributed by atoms with Crippen LogP contribution < -0.4 is 0 Å². The lowest BCUT2D eigenvalue weighted by Gasteiger charge is -2.58. The van der Waals surface area contributed by atoms with Gasteiger partial charge >= 0.3 is 0 Å². The molecule has 3 nitrogen and oxygen atoms in total. The van der Waals surface area contributed by atoms with Gasteiger partial charge in [0.05, 0.1) is 0 Å². The molecule has 0 saturated heterocycles. The minimum Gasteiger partial charge on any atom is -0.386 e. The van der Waals surface area contributed by atoms with Crippen molar-refractivity contribution < 1.29 is 14.7 Å². The normalized spacial score (nSPS) is 49.9. The third-order valence-electron chi connectivity index (χ3n) is 9.55. The van der Waals surface area contributed by atoms with Crippen LogP contribution in [0.4, 0.5) is 0 Å². The van der Waals surface area contributed by atoms with Crippen LogP contribution in [0.1, 0.15) is 65.2 Å². The molecule has 1 N–H and O–H groups in total. The number of carbonyl (C=O) groups excluding carboxylic acids is 2. The first kappa shape index (κ1) is 16.9. The average molecular weight is 354 g/mol. The maximum absolute atomic E-state index is 13.1. The zero-order valence-corrected chi connectivity index (χ0v) is 16.0. The van der Waals surface area contributed by atoms with E-state index in [2.05, 4.69) is 19.1 Å². The van der Waals surface area contributed by atoms with Crippen molar-refractivity contribution in [3.8, 4) is 0 Å². The van der Waals surface area contributed by atoms with E-state index in [4.69, 9.17) is 0 Å². The molecule has 0 aromatic carbocycles. The first-order chi connectivity index (χ1) is 12.3. The quantitative estimate of drug-likeness (QED) is 0.815. The van der Waals surface area contributed by atoms with Crippen LogP contribution in [0.15, 0.2) is 23.8 Å². The van der Waals surface area contributed by atoms with Gasteiger partial charge in [0, 0.05) is 11.8 Å². The van der Waals surface area contributed by atoms with Crippen LogP contribution in [-0.4, -0.2) is 22.8 Å². The van der Waals surface area contributed by atoms with Crippen molar-refractivity contribution in [1.82, 2.24) is 0 Å². The van der Waals surface area contributed by atoms with Crippen LogP contribution in [0.3, 0.4) is 0 Å². The topological polar surface area (TPSA) is 54.4 Å². The molecule has 1 unspecified atom stereocenters. The SMILES string of the molecule is CC(O)C(=O)C12CCC3(CC1)[C@@H]1C=CC4=CC(=O)CC[C@@H]4[C@H]1CC[C@]23C. The molecule has 5 rings (SSSR count). The third-order valence-corrected chi connectivity index (χ3v) is 9.55. The fourth-order valence-electron chi connectivity index (χ4n) is 8.31. The summed E-state index contributed by atoms with van der Waals surface area (Å²) in [7, 11) is 0. The molecule has 5 atom stereocenters. The van der Waals surface area contributed by atoms with E-state index < -0.39 is 6.10 Å². The van der Waals surface area contributed by atoms with E-state index >= 15 is 0 Å². The summed E-state index contributed by atoms with van der Waals surface area (Å²) in [5.41, 5.74) is 1.18. The maximum atomic E-state index is 13.1. The second-order valence-corrected chi connectivity index (χ2v) is 9.95. The molecule has 26 heavy (non-hydrogen) atoms. The van der Waals surface area contributed by atoms with Crippen LogP contribution >= 0.6 is 0 Å². The Hall–Kier alpha value is -1.22. The number of hydrogen-bond donors (Lipinski definition) is 1. The lowest BCUT2D eigenvalue weighted by atomic mass is 9.46. The Labute approximate surface area is 155 Å². The maximum Gasteiger partial charge on any atom is 0.167 e. The number of hydrogen-bond acceptors (Lipinski definition) is 3. The molecule has 3 heteroatoms. The van der Waals surface area contributed by atoms with Gasteiger partial charge in [0.1, 0.15) is 6.10 Å². The highest BCUT2D eigenvalue weighted by Gasteiger charge is 2.75. The highest BCUT2D eigenvalue weighted by molar-refractivity contribution is 5.92. The van der Waals surface area contributed by atoms with Crippen molar-refractivity contribution in [2.75, 3.05) is 0 Å². The van der Waals surface area contributed by atoms with Crippen molar-refractivity contribution in [3.05, 3.63) is 23.8 Å². The van der Waals surface area contributed by atoms with Crippen LogP contribution in [0.25, 0.3) is 0 Å². The van der Waals surface area contributed by atoms with E-state index in [1.165, 1.54) is 5.57 Å². The van der Waals surface area contributed by atoms with Crippen LogP contribution in [0, 0.1) is 34.0 Å². The summed E-state index contributed by atoms with van der Waals surface area (Å²) in [4.78, 5) is 24.9. The zero-order valence-electron chi connectivity index (χ0n) is 16.0. The Bertz CT molecular complexity index is 735. The number of ketones is 2. The van der Waals surface area contributed by atoms with Crippen molar-refractivity contribution >= 4 is 11.6 Å². The van der Waals surface area contributed by atoms with Crippen LogP contribution in [0.5, 0.6) is 0 Å². The number of allylic oxidation sites excluding steroid dienone is 4. The molecule has 0 heterocycles. The van der Waals surface area contributed by atoms with E-state index in [-0.39, 0.29) is 27.8 Å². The Kier molecular flexibility index (Phi) is 3.37. The van der Waals surface area contributed by atoms with Gasteiger partial charge in [-0.1, -0.05) is 19.1 Å². The molecular weight excluding hydrogens is 324 g/mol. The van der Waals surface area contributed by atoms with Gasteiger partial charge in [-0.15, -0.1) is 0 Å². The highest BCUT2D eigenvalue weighted by Crippen LogP contribution is 2.80. The van der Waals surface area contributed by atoms with Gasteiger partial charge in [0.2, 0.25) is 0 Å². The number of rotatable bonds is 2. The molecule has 140 valence electrons. The summed E-state index contributed by atoms with van der Waals surface area (Å²) in [6.07, 6.45) is 13.8. The van der Waals surface area contributed by atoms with Gasteiger partial charge in [-0.05, 0) is 92.1 Å². The highest BCUT2D eigenvalue weighted by atomic mass is 16.3. The standard InChI is InChI=1S/C23H30O3/c1-14(24)20(26)23-11-9-22(10-12-23)19-6-3-15-13-16(25)4-5-17(15)18(19)7-8-21(22,23)2/h3,6,13-14,17-19,24H,4-5,7-12H2,1-2H3/t14?,17-,18+,19+,21-,22?,23?/m0/s1. The van der Waals surface area contributed by atoms with Gasteiger partial charge in [0.15, 0.2) is 11.6 Å². The van der Waals surface area contributed by atoms with E-state index in [0.29, 0.717) is 24.2 Å². The number of aliphatic hydroxyl groups excluding tert-OH is 1. The predicted octanol–water partition coefficient (Wildman–Crippen LogP) is 4.00. The zero-order chi connectivity index (χ0) is 18.3. The lowest BCUT2D eigenvalue weighted by molar-refractivity contribution is -0.146. The van der Waals surface area contributed by atoms with Gasteiger partial charge in [-0.25, -0.2) is 0 Å². The Morgan fingerprint density at radius 2 is 1.92 bits per heavy atom. The molecule has 0 aromatic heterocycles. The molecule has 0 aliphatic heterocycles. The minimum atomic E-state index is -0.848. The largest absolute Gasteiger partial charge is 0.386 e. The average Bonchev–Trinajstić information content (AvgIpc) is 3.05. The molecular formula is C23H30O3. The number of fused-ring (bicyclic) bond motifs is 3. The summed E-state index contributed by atoms with van der Waals surface area (Å²) in [5, 5.41) is 10.1. The van der Waals surface area contributed by atoms with Crippen LogP contribution in [0.2, 0.25) is 0 Å². The molecule has 5 aliphatic carbocycles. The fourth-order valence-corrected chi connectivity index (χ4v) is 8.31. The summed E-state index contributed by atoms with van der Waals surface area (Å²) in [5.74, 6) is 2.07. The van der Waals surface area contributed by atoms with Crippen molar-refractivity contribution in [1.29, 1.82) is 0 Å². The van der Waals surface area contributed by atoms with E-state index in [1.807, 2.05) is 6.08 Å². The molecule has 5 aliphatic rings. The van der Waals surface area contributed by atoms with Gasteiger partial charge in [0.25, 0.3) is 0 Å². The summed E-state index contributed by atoms with van der Waals surface area (Å²) >= 11 is 0. The minimum absolute atomic E-state index is 0.0191. The number of aliphatic hydroxyl groups is 1. The number of Topliss-reactive ketones (excluding diaryl/α,β-unsaturated/α-hetero) is 1. The smallest absolute Gasteiger partial charge is 0.167 e. The second kappa shape index (κ2) is 5.19. The Morgan fingerprint density at radius 3 is 2.62 bits per heavy atom. The third kappa shape index (κ3) is 1.74. The van der Waals surface area contributed by atoms with Crippen LogP contribution in [-0.2, 0) is 9.59 Å². The van der Waals surface area contributed by atoms with Gasteiger partial charge < -0.3 is 5.11 Å². The lowest BCUT2D eigenvalue weighted by Crippen LogP contribution is -2.54. The predicted molar refractivity (Wildman–Crippen MR) is 99.3 cm³/mol. The summed E-state index contributed by atoms with van der Waals surface area (Å²) < 4.78 is 0. The summed E-state index contributed by atoms with van der Waals surface area (Å²) in [6, 6.07) is 0. The Balaban J connectivity index is 1.58. The van der Waals surface area contributed by atoms with Crippen molar-refractivity contribution in [3.63, 3.8) is 0 Å². The molecule has 3 saturated carbocycles. The molecule has 0 radical (unpaired) electrons. The first-order valence-electron chi connectivity index (χ1n) is 10.5. The fraction of sp³-hybridized carbons (Fsp3) is 0.739. The molecule has 0 spiro atoms. The van der Waals surface area contributed by atoms with E-state index in [0.717, 1.165) is 44.9 Å². The molecule has 0 amide bonds. The molecule has 3 fully saturated rings. The van der Waals surface area contributed by atoms with E-state index in [9.17, 15) is 14.7 Å². The van der Waals surface area contributed by atoms with Gasteiger partial charge in [-0.2, -0.15) is 0 Å². The summed E-state index contributed by atoms with van der Waals surface area (Å²) in [6.45, 7) is 4.02. The molecule has 2 bridgehead atoms. The van der Waals surface area contributed by atoms with E-state index in [1.54, 1.807) is 6.92 Å². The second-order valence-electron chi connectivity index (χ2n) is 9.95. The van der Waals surface area contributed by atoms with Crippen molar-refractivity contribution in [2.45, 2.75) is 71.3 Å². The van der Waals surface area contributed by atoms with Gasteiger partial charge in [-0.3, -0.25) is 9.59 Å². The Morgan fingerprint density at radius 1 is 1.19 bits per heavy atom. The van der Waals surface area contributed by atoms with Crippen molar-refractivity contribution in [2.24, 2.45) is 34.0 Å². The number of carbonyl (C=O) groups is 2. The first-order valence-corrected chi connectivity index (χ1v) is 10.5. The monoisotopic (exact) mass is 354 g/mol.